The molecule has 9 nitrogen and oxygen atoms in total. The zero-order chi connectivity index (χ0) is 22.0. The zero-order valence-electron chi connectivity index (χ0n) is 17.8. The van der Waals surface area contributed by atoms with Crippen LogP contribution in [0, 0.1) is 0 Å². The summed E-state index contributed by atoms with van der Waals surface area (Å²) in [6.07, 6.45) is 6.57. The average molecular weight is 458 g/mol. The van der Waals surface area contributed by atoms with Crippen LogP contribution >= 0.6 is 11.6 Å². The molecule has 1 saturated heterocycles. The summed E-state index contributed by atoms with van der Waals surface area (Å²) >= 11 is 6.47. The van der Waals surface area contributed by atoms with E-state index in [0.29, 0.717) is 36.4 Å². The Labute approximate surface area is 188 Å². The highest BCUT2D eigenvalue weighted by atomic mass is 35.5. The molecule has 1 spiro atoms. The molecule has 168 valence electrons. The highest BCUT2D eigenvalue weighted by Gasteiger charge is 2.48. The van der Waals surface area contributed by atoms with Crippen LogP contribution in [0.15, 0.2) is 9.32 Å². The number of aromatic amines is 1. The molecule has 2 unspecified atom stereocenters. The topological polar surface area (TPSA) is 116 Å². The molecule has 3 atom stereocenters. The van der Waals surface area contributed by atoms with Gasteiger partial charge in [-0.05, 0) is 45.4 Å². The van der Waals surface area contributed by atoms with Crippen LogP contribution in [0.25, 0.3) is 22.7 Å². The van der Waals surface area contributed by atoms with Crippen molar-refractivity contribution in [3.8, 4) is 11.6 Å². The number of nitrogens with zero attached hydrogens (tertiary/aromatic N) is 4. The van der Waals surface area contributed by atoms with Crippen LogP contribution in [0.1, 0.15) is 69.2 Å². The van der Waals surface area contributed by atoms with Gasteiger partial charge in [0, 0.05) is 12.0 Å². The monoisotopic (exact) mass is 457 g/mol. The molecular weight excluding hydrogens is 434 g/mol. The number of halogens is 1. The number of ether oxygens (including phenoxy) is 1. The molecule has 3 aliphatic rings. The molecule has 2 aliphatic carbocycles. The van der Waals surface area contributed by atoms with E-state index in [2.05, 4.69) is 15.1 Å². The molecule has 0 bridgehead atoms. The van der Waals surface area contributed by atoms with E-state index < -0.39 is 5.41 Å². The number of aromatic nitrogens is 5. The predicted octanol–water partition coefficient (Wildman–Crippen LogP) is 3.50. The Morgan fingerprint density at radius 3 is 2.78 bits per heavy atom. The van der Waals surface area contributed by atoms with E-state index in [1.165, 1.54) is 0 Å². The van der Waals surface area contributed by atoms with Gasteiger partial charge < -0.3 is 14.2 Å². The van der Waals surface area contributed by atoms with Gasteiger partial charge in [-0.15, -0.1) is 0 Å². The molecule has 0 radical (unpaired) electrons. The molecule has 1 N–H and O–H groups in total. The lowest BCUT2D eigenvalue weighted by Crippen LogP contribution is -2.41. The van der Waals surface area contributed by atoms with Crippen LogP contribution in [0.5, 0.6) is 0 Å². The number of hydrogen-bond acceptors (Lipinski definition) is 7. The fraction of sp³-hybridized carbons (Fsp3) is 0.591. The van der Waals surface area contributed by atoms with E-state index in [9.17, 15) is 9.59 Å². The number of fused-ring (bicyclic) bond motifs is 3. The summed E-state index contributed by atoms with van der Waals surface area (Å²) in [4.78, 5) is 37.5. The number of imidazole rings is 1. The number of nitrogens with one attached hydrogen (secondary N) is 1. The van der Waals surface area contributed by atoms with Crippen molar-refractivity contribution in [2.45, 2.75) is 75.9 Å². The van der Waals surface area contributed by atoms with Crippen LogP contribution in [-0.2, 0) is 21.4 Å². The minimum absolute atomic E-state index is 0.0687. The van der Waals surface area contributed by atoms with Gasteiger partial charge in [-0.25, -0.2) is 14.8 Å². The molecule has 1 saturated carbocycles. The third-order valence-corrected chi connectivity index (χ3v) is 7.61. The van der Waals surface area contributed by atoms with Crippen molar-refractivity contribution in [1.29, 1.82) is 0 Å². The molecule has 3 aromatic rings. The van der Waals surface area contributed by atoms with E-state index in [4.69, 9.17) is 25.8 Å². The number of H-pyrrole nitrogens is 1. The van der Waals surface area contributed by atoms with E-state index >= 15 is 0 Å². The predicted molar refractivity (Wildman–Crippen MR) is 116 cm³/mol. The fourth-order valence-corrected chi connectivity index (χ4v) is 5.98. The second-order valence-electron chi connectivity index (χ2n) is 9.28. The lowest BCUT2D eigenvalue weighted by atomic mass is 9.64. The summed E-state index contributed by atoms with van der Waals surface area (Å²) < 4.78 is 13.0. The van der Waals surface area contributed by atoms with Gasteiger partial charge >= 0.3 is 5.69 Å². The first kappa shape index (κ1) is 20.1. The molecule has 2 fully saturated rings. The summed E-state index contributed by atoms with van der Waals surface area (Å²) in [6, 6.07) is -0.128. The summed E-state index contributed by atoms with van der Waals surface area (Å²) in [6.45, 7) is 2.42. The van der Waals surface area contributed by atoms with Crippen molar-refractivity contribution in [2.24, 2.45) is 0 Å². The SMILES string of the molecule is CC1CC(n2c(=O)[nH]c3c(Cl)nc(-c4onc5c4CCC[C@@]54CCCCC4=O)nc32)CO1. The number of Topliss-reactive ketones (excluding diaryl/α,β-unsaturated/α-hetero) is 1. The van der Waals surface area contributed by atoms with Gasteiger partial charge in [-0.2, -0.15) is 0 Å². The first-order valence-corrected chi connectivity index (χ1v) is 11.7. The smallest absolute Gasteiger partial charge is 0.328 e. The van der Waals surface area contributed by atoms with Crippen LogP contribution < -0.4 is 5.69 Å². The van der Waals surface area contributed by atoms with Gasteiger partial charge in [-0.1, -0.05) is 23.2 Å². The van der Waals surface area contributed by atoms with Gasteiger partial charge in [0.05, 0.1) is 24.2 Å². The maximum Gasteiger partial charge on any atom is 0.328 e. The molecule has 1 aliphatic heterocycles. The second-order valence-corrected chi connectivity index (χ2v) is 9.63. The summed E-state index contributed by atoms with van der Waals surface area (Å²) in [5.41, 5.74) is 1.62. The van der Waals surface area contributed by atoms with Crippen molar-refractivity contribution in [3.05, 3.63) is 26.9 Å². The number of carbonyl (C=O) groups excluding carboxylic acids is 1. The molecule has 0 amide bonds. The van der Waals surface area contributed by atoms with Gasteiger partial charge in [-0.3, -0.25) is 9.36 Å². The van der Waals surface area contributed by atoms with Crippen LogP contribution in [0.2, 0.25) is 5.15 Å². The highest BCUT2D eigenvalue weighted by Crippen LogP contribution is 2.47. The van der Waals surface area contributed by atoms with E-state index in [-0.39, 0.29) is 34.6 Å². The van der Waals surface area contributed by atoms with E-state index in [0.717, 1.165) is 49.8 Å². The molecule has 3 aromatic heterocycles. The zero-order valence-corrected chi connectivity index (χ0v) is 18.6. The Balaban J connectivity index is 1.49. The molecule has 6 rings (SSSR count). The number of carbonyl (C=O) groups is 1. The third-order valence-electron chi connectivity index (χ3n) is 7.33. The lowest BCUT2D eigenvalue weighted by Gasteiger charge is -2.37. The van der Waals surface area contributed by atoms with Gasteiger partial charge in [0.25, 0.3) is 0 Å². The molecule has 32 heavy (non-hydrogen) atoms. The van der Waals surface area contributed by atoms with Crippen molar-refractivity contribution in [2.75, 3.05) is 6.61 Å². The lowest BCUT2D eigenvalue weighted by molar-refractivity contribution is -0.127. The van der Waals surface area contributed by atoms with Crippen LogP contribution in [-0.4, -0.2) is 43.2 Å². The Morgan fingerprint density at radius 2 is 2.00 bits per heavy atom. The standard InChI is InChI=1S/C22H24ClN5O4/c1-11-9-12(10-31-11)28-20-15(24-21(28)30)18(23)25-19(26-20)16-13-5-4-8-22(17(13)27-32-16)7-3-2-6-14(22)29/h11-12H,2-10H2,1H3,(H,24,30)/t11?,12?,22-/m1/s1. The van der Waals surface area contributed by atoms with Gasteiger partial charge in [0.2, 0.25) is 11.6 Å². The normalized spacial score (nSPS) is 28.0. The Bertz CT molecular complexity index is 1290. The van der Waals surface area contributed by atoms with Gasteiger partial charge in [0.1, 0.15) is 17.0 Å². The van der Waals surface area contributed by atoms with Crippen molar-refractivity contribution >= 4 is 28.5 Å². The van der Waals surface area contributed by atoms with Crippen molar-refractivity contribution in [1.82, 2.24) is 24.7 Å². The Hall–Kier alpha value is -2.52. The van der Waals surface area contributed by atoms with Crippen LogP contribution in [0.4, 0.5) is 0 Å². The minimum Gasteiger partial charge on any atom is -0.376 e. The number of ketones is 1. The van der Waals surface area contributed by atoms with Crippen molar-refractivity contribution < 1.29 is 14.1 Å². The Morgan fingerprint density at radius 1 is 1.16 bits per heavy atom. The highest BCUT2D eigenvalue weighted by molar-refractivity contribution is 6.33. The second kappa shape index (κ2) is 7.25. The molecular formula is C22H24ClN5O4. The minimum atomic E-state index is -0.547. The third kappa shape index (κ3) is 2.83. The van der Waals surface area contributed by atoms with Crippen molar-refractivity contribution in [3.63, 3.8) is 0 Å². The first-order chi connectivity index (χ1) is 15.5. The molecule has 10 heteroatoms. The average Bonchev–Trinajstić information content (AvgIpc) is 3.47. The van der Waals surface area contributed by atoms with E-state index in [1.807, 2.05) is 6.92 Å². The molecule has 0 aromatic carbocycles. The Kier molecular flexibility index (Phi) is 4.55. The summed E-state index contributed by atoms with van der Waals surface area (Å²) in [5, 5.41) is 4.52. The quantitative estimate of drug-likeness (QED) is 0.585. The number of rotatable bonds is 2. The van der Waals surface area contributed by atoms with Crippen LogP contribution in [0.3, 0.4) is 0 Å². The first-order valence-electron chi connectivity index (χ1n) is 11.3. The maximum absolute atomic E-state index is 12.9. The van der Waals surface area contributed by atoms with E-state index in [1.54, 1.807) is 4.57 Å². The number of hydrogen-bond donors (Lipinski definition) is 1. The fourth-order valence-electron chi connectivity index (χ4n) is 5.77. The summed E-state index contributed by atoms with van der Waals surface area (Å²) in [7, 11) is 0. The molecule has 4 heterocycles. The van der Waals surface area contributed by atoms with Gasteiger partial charge in [0.15, 0.2) is 10.8 Å². The summed E-state index contributed by atoms with van der Waals surface area (Å²) in [5.74, 6) is 0.988. The largest absolute Gasteiger partial charge is 0.376 e. The maximum atomic E-state index is 12.9.